The molecule has 0 aliphatic carbocycles. The van der Waals surface area contributed by atoms with Gasteiger partial charge in [-0.25, -0.2) is 9.97 Å². The zero-order valence-electron chi connectivity index (χ0n) is 13.5. The van der Waals surface area contributed by atoms with Gasteiger partial charge in [0.2, 0.25) is 5.91 Å². The summed E-state index contributed by atoms with van der Waals surface area (Å²) in [7, 11) is 0. The molecular weight excluding hydrogens is 322 g/mol. The van der Waals surface area contributed by atoms with Gasteiger partial charge in [-0.1, -0.05) is 30.3 Å². The second kappa shape index (κ2) is 7.00. The van der Waals surface area contributed by atoms with Gasteiger partial charge in [-0.3, -0.25) is 9.59 Å². The molecule has 0 aliphatic heterocycles. The number of carbonyl (C=O) groups is 2. The van der Waals surface area contributed by atoms with Crippen molar-refractivity contribution in [3.05, 3.63) is 42.1 Å². The van der Waals surface area contributed by atoms with E-state index in [9.17, 15) is 9.59 Å². The highest BCUT2D eigenvalue weighted by molar-refractivity contribution is 5.91. The third-order valence-corrected chi connectivity index (χ3v) is 3.51. The van der Waals surface area contributed by atoms with Gasteiger partial charge in [-0.2, -0.15) is 0 Å². The number of nitrogens with zero attached hydrogens (tertiary/aromatic N) is 2. The van der Waals surface area contributed by atoms with E-state index < -0.39 is 18.4 Å². The molecule has 0 aliphatic rings. The Hall–Kier alpha value is -3.42. The minimum atomic E-state index is -1.09. The quantitative estimate of drug-likeness (QED) is 0.541. The van der Waals surface area contributed by atoms with Crippen molar-refractivity contribution in [2.24, 2.45) is 0 Å². The topological polar surface area (TPSA) is 120 Å². The number of nitrogens with one attached hydrogen (secondary N) is 3. The molecule has 2 heterocycles. The van der Waals surface area contributed by atoms with Gasteiger partial charge < -0.3 is 20.7 Å². The minimum Gasteiger partial charge on any atom is -0.480 e. The van der Waals surface area contributed by atoms with E-state index in [1.54, 1.807) is 0 Å². The van der Waals surface area contributed by atoms with Gasteiger partial charge in [0.25, 0.3) is 0 Å². The lowest BCUT2D eigenvalue weighted by Gasteiger charge is -2.09. The van der Waals surface area contributed by atoms with Crippen molar-refractivity contribution in [2.45, 2.75) is 6.92 Å². The van der Waals surface area contributed by atoms with Crippen LogP contribution >= 0.6 is 0 Å². The number of carbonyl (C=O) groups excluding carboxylic acids is 1. The molecular formula is C17H17N5O3. The van der Waals surface area contributed by atoms with Gasteiger partial charge in [0.15, 0.2) is 5.82 Å². The van der Waals surface area contributed by atoms with E-state index in [-0.39, 0.29) is 6.54 Å². The first-order valence-corrected chi connectivity index (χ1v) is 7.68. The van der Waals surface area contributed by atoms with Crippen LogP contribution in [0.15, 0.2) is 36.4 Å². The summed E-state index contributed by atoms with van der Waals surface area (Å²) in [5.41, 5.74) is 2.45. The first-order chi connectivity index (χ1) is 12.0. The van der Waals surface area contributed by atoms with E-state index in [0.717, 1.165) is 16.6 Å². The average molecular weight is 339 g/mol. The molecule has 0 radical (unpaired) electrons. The lowest BCUT2D eigenvalue weighted by molar-refractivity contribution is -0.137. The molecule has 3 aromatic rings. The van der Waals surface area contributed by atoms with Crippen molar-refractivity contribution < 1.29 is 14.7 Å². The van der Waals surface area contributed by atoms with E-state index in [0.29, 0.717) is 17.3 Å². The van der Waals surface area contributed by atoms with Crippen LogP contribution in [0, 0.1) is 6.92 Å². The van der Waals surface area contributed by atoms with Crippen LogP contribution in [0.3, 0.4) is 0 Å². The van der Waals surface area contributed by atoms with E-state index in [1.165, 1.54) is 0 Å². The third kappa shape index (κ3) is 3.92. The Morgan fingerprint density at radius 2 is 1.92 bits per heavy atom. The zero-order valence-corrected chi connectivity index (χ0v) is 13.5. The standard InChI is InChI=1S/C17H17N5O3/c1-10-7-12-16(19-8-13(23)18-9-14(24)25)21-15(22-17(12)20-10)11-5-3-2-4-6-11/h2-7H,8-9H2,1H3,(H,18,23)(H,24,25)(H2,19,20,21,22). The predicted molar refractivity (Wildman–Crippen MR) is 93.2 cm³/mol. The summed E-state index contributed by atoms with van der Waals surface area (Å²) in [6.07, 6.45) is 0. The maximum Gasteiger partial charge on any atom is 0.322 e. The number of rotatable bonds is 6. The number of benzene rings is 1. The molecule has 0 spiro atoms. The van der Waals surface area contributed by atoms with E-state index in [4.69, 9.17) is 5.11 Å². The Morgan fingerprint density at radius 1 is 1.16 bits per heavy atom. The number of hydrogen-bond donors (Lipinski definition) is 4. The number of H-pyrrole nitrogens is 1. The Morgan fingerprint density at radius 3 is 2.64 bits per heavy atom. The number of anilines is 1. The molecule has 2 aromatic heterocycles. The first kappa shape index (κ1) is 16.4. The molecule has 1 amide bonds. The van der Waals surface area contributed by atoms with Gasteiger partial charge in [0.05, 0.1) is 11.9 Å². The Bertz CT molecular complexity index is 921. The fourth-order valence-corrected chi connectivity index (χ4v) is 2.39. The SMILES string of the molecule is Cc1cc2c(NCC(=O)NCC(=O)O)nc(-c3ccccc3)nc2[nH]1. The number of amides is 1. The number of carboxylic acid groups (broad SMARTS) is 1. The molecule has 0 bridgehead atoms. The van der Waals surface area contributed by atoms with Crippen LogP contribution in [-0.2, 0) is 9.59 Å². The van der Waals surface area contributed by atoms with Crippen molar-refractivity contribution >= 4 is 28.7 Å². The van der Waals surface area contributed by atoms with Crippen LogP contribution in [0.1, 0.15) is 5.69 Å². The molecule has 0 saturated carbocycles. The van der Waals surface area contributed by atoms with Crippen LogP contribution in [0.2, 0.25) is 0 Å². The fraction of sp³-hybridized carbons (Fsp3) is 0.176. The fourth-order valence-electron chi connectivity index (χ4n) is 2.39. The largest absolute Gasteiger partial charge is 0.480 e. The van der Waals surface area contributed by atoms with Crippen LogP contribution in [0.5, 0.6) is 0 Å². The number of aromatic nitrogens is 3. The van der Waals surface area contributed by atoms with Crippen LogP contribution in [0.4, 0.5) is 5.82 Å². The highest BCUT2D eigenvalue weighted by Crippen LogP contribution is 2.25. The molecule has 25 heavy (non-hydrogen) atoms. The molecule has 1 aromatic carbocycles. The number of aryl methyl sites for hydroxylation is 1. The zero-order chi connectivity index (χ0) is 17.8. The van der Waals surface area contributed by atoms with Crippen molar-refractivity contribution in [3.63, 3.8) is 0 Å². The number of aromatic amines is 1. The molecule has 128 valence electrons. The van der Waals surface area contributed by atoms with Crippen LogP contribution < -0.4 is 10.6 Å². The van der Waals surface area contributed by atoms with Crippen LogP contribution in [-0.4, -0.2) is 45.0 Å². The molecule has 0 atom stereocenters. The molecule has 0 unspecified atom stereocenters. The monoisotopic (exact) mass is 339 g/mol. The number of fused-ring (bicyclic) bond motifs is 1. The predicted octanol–water partition coefficient (Wildman–Crippen LogP) is 1.55. The van der Waals surface area contributed by atoms with Gasteiger partial charge in [-0.05, 0) is 13.0 Å². The summed E-state index contributed by atoms with van der Waals surface area (Å²) in [6.45, 7) is 1.41. The Balaban J connectivity index is 1.88. The second-order valence-corrected chi connectivity index (χ2v) is 5.50. The van der Waals surface area contributed by atoms with E-state index in [1.807, 2.05) is 43.3 Å². The maximum absolute atomic E-state index is 11.7. The second-order valence-electron chi connectivity index (χ2n) is 5.50. The maximum atomic E-state index is 11.7. The Labute approximate surface area is 143 Å². The number of aliphatic carboxylic acids is 1. The first-order valence-electron chi connectivity index (χ1n) is 7.68. The normalized spacial score (nSPS) is 10.6. The molecule has 8 nitrogen and oxygen atoms in total. The van der Waals surface area contributed by atoms with Gasteiger partial charge >= 0.3 is 5.97 Å². The molecule has 0 fully saturated rings. The number of hydrogen-bond acceptors (Lipinski definition) is 5. The summed E-state index contributed by atoms with van der Waals surface area (Å²) in [5.74, 6) is -0.477. The lowest BCUT2D eigenvalue weighted by atomic mass is 10.2. The summed E-state index contributed by atoms with van der Waals surface area (Å²) in [6, 6.07) is 11.4. The highest BCUT2D eigenvalue weighted by Gasteiger charge is 2.12. The highest BCUT2D eigenvalue weighted by atomic mass is 16.4. The molecule has 4 N–H and O–H groups in total. The summed E-state index contributed by atoms with van der Waals surface area (Å²) in [5, 5.41) is 14.6. The summed E-state index contributed by atoms with van der Waals surface area (Å²) < 4.78 is 0. The van der Waals surface area contributed by atoms with E-state index in [2.05, 4.69) is 25.6 Å². The molecule has 8 heteroatoms. The summed E-state index contributed by atoms with van der Waals surface area (Å²) >= 11 is 0. The van der Waals surface area contributed by atoms with Crippen molar-refractivity contribution in [3.8, 4) is 11.4 Å². The molecule has 0 saturated heterocycles. The van der Waals surface area contributed by atoms with Crippen LogP contribution in [0.25, 0.3) is 22.4 Å². The van der Waals surface area contributed by atoms with Gasteiger partial charge in [0, 0.05) is 11.3 Å². The van der Waals surface area contributed by atoms with Crippen molar-refractivity contribution in [2.75, 3.05) is 18.4 Å². The van der Waals surface area contributed by atoms with E-state index >= 15 is 0 Å². The number of carboxylic acids is 1. The lowest BCUT2D eigenvalue weighted by Crippen LogP contribution is -2.34. The van der Waals surface area contributed by atoms with Gasteiger partial charge in [-0.15, -0.1) is 0 Å². The average Bonchev–Trinajstić information content (AvgIpc) is 2.98. The Kier molecular flexibility index (Phi) is 4.60. The summed E-state index contributed by atoms with van der Waals surface area (Å²) in [4.78, 5) is 34.4. The molecule has 3 rings (SSSR count). The van der Waals surface area contributed by atoms with Crippen molar-refractivity contribution in [1.29, 1.82) is 0 Å². The third-order valence-electron chi connectivity index (χ3n) is 3.51. The van der Waals surface area contributed by atoms with Gasteiger partial charge in [0.1, 0.15) is 18.0 Å². The minimum absolute atomic E-state index is 0.0855. The smallest absolute Gasteiger partial charge is 0.322 e. The van der Waals surface area contributed by atoms with Crippen molar-refractivity contribution in [1.82, 2.24) is 20.3 Å².